The van der Waals surface area contributed by atoms with Crippen molar-refractivity contribution >= 4 is 0 Å². The highest BCUT2D eigenvalue weighted by molar-refractivity contribution is 5.33. The van der Waals surface area contributed by atoms with Crippen LogP contribution in [-0.2, 0) is 11.8 Å². The fourth-order valence-corrected chi connectivity index (χ4v) is 4.33. The number of aryl methyl sites for hydroxylation is 1. The summed E-state index contributed by atoms with van der Waals surface area (Å²) in [7, 11) is 0. The van der Waals surface area contributed by atoms with Gasteiger partial charge in [-0.05, 0) is 54.0 Å². The van der Waals surface area contributed by atoms with E-state index in [4.69, 9.17) is 4.74 Å². The Kier molecular flexibility index (Phi) is 13.1. The molecule has 0 aliphatic rings. The van der Waals surface area contributed by atoms with Crippen molar-refractivity contribution in [2.24, 2.45) is 0 Å². The molecule has 2 rings (SSSR count). The van der Waals surface area contributed by atoms with Gasteiger partial charge in [-0.15, -0.1) is 0 Å². The van der Waals surface area contributed by atoms with Crippen molar-refractivity contribution in [3.63, 3.8) is 0 Å². The standard InChI is InChI=1S/C31H48O2/c1-31(2,3)28-22-19-23-29(26-28)33-25-18-14-12-10-8-6-4-5-7-9-11-13-15-20-27-21-16-17-24-30(27)32/h16-17,19,21-24,26,32H,4-15,18,20,25H2,1-3H3. The van der Waals surface area contributed by atoms with Crippen LogP contribution < -0.4 is 4.74 Å². The molecule has 0 saturated carbocycles. The maximum absolute atomic E-state index is 9.79. The molecule has 1 N–H and O–H groups in total. The number of benzene rings is 2. The van der Waals surface area contributed by atoms with Crippen molar-refractivity contribution < 1.29 is 9.84 Å². The van der Waals surface area contributed by atoms with Gasteiger partial charge in [0.1, 0.15) is 11.5 Å². The lowest BCUT2D eigenvalue weighted by Crippen LogP contribution is -2.11. The molecular formula is C31H48O2. The molecule has 0 radical (unpaired) electrons. The summed E-state index contributed by atoms with van der Waals surface area (Å²) in [5.74, 6) is 1.46. The summed E-state index contributed by atoms with van der Waals surface area (Å²) in [6, 6.07) is 16.3. The third-order valence-electron chi connectivity index (χ3n) is 6.55. The minimum atomic E-state index is 0.174. The zero-order chi connectivity index (χ0) is 23.8. The average Bonchev–Trinajstić information content (AvgIpc) is 2.79. The number of phenols is 1. The number of unbranched alkanes of at least 4 members (excludes halogenated alkanes) is 12. The van der Waals surface area contributed by atoms with Gasteiger partial charge in [0, 0.05) is 0 Å². The van der Waals surface area contributed by atoms with Crippen molar-refractivity contribution in [3.8, 4) is 11.5 Å². The molecule has 0 bridgehead atoms. The SMILES string of the molecule is CC(C)(C)c1cccc(OCCCCCCCCCCCCCCCc2ccccc2O)c1. The molecule has 2 nitrogen and oxygen atoms in total. The van der Waals surface area contributed by atoms with E-state index in [9.17, 15) is 5.11 Å². The normalized spacial score (nSPS) is 11.6. The Balaban J connectivity index is 1.33. The van der Waals surface area contributed by atoms with Crippen LogP contribution in [-0.4, -0.2) is 11.7 Å². The third kappa shape index (κ3) is 12.2. The molecule has 184 valence electrons. The van der Waals surface area contributed by atoms with Crippen LogP contribution in [0.25, 0.3) is 0 Å². The first-order chi connectivity index (χ1) is 16.0. The number of para-hydroxylation sites is 1. The monoisotopic (exact) mass is 452 g/mol. The van der Waals surface area contributed by atoms with Gasteiger partial charge < -0.3 is 9.84 Å². The van der Waals surface area contributed by atoms with E-state index in [0.717, 1.165) is 30.8 Å². The van der Waals surface area contributed by atoms with E-state index < -0.39 is 0 Å². The maximum Gasteiger partial charge on any atom is 0.119 e. The summed E-state index contributed by atoms with van der Waals surface area (Å²) in [4.78, 5) is 0. The largest absolute Gasteiger partial charge is 0.508 e. The molecule has 0 amide bonds. The van der Waals surface area contributed by atoms with E-state index in [-0.39, 0.29) is 5.41 Å². The van der Waals surface area contributed by atoms with Crippen LogP contribution in [0.5, 0.6) is 11.5 Å². The van der Waals surface area contributed by atoms with Crippen molar-refractivity contribution in [1.29, 1.82) is 0 Å². The topological polar surface area (TPSA) is 29.5 Å². The van der Waals surface area contributed by atoms with Crippen LogP contribution >= 0.6 is 0 Å². The van der Waals surface area contributed by atoms with Gasteiger partial charge in [0.25, 0.3) is 0 Å². The smallest absolute Gasteiger partial charge is 0.119 e. The molecule has 0 unspecified atom stereocenters. The number of hydrogen-bond acceptors (Lipinski definition) is 2. The van der Waals surface area contributed by atoms with Crippen molar-refractivity contribution in [3.05, 3.63) is 59.7 Å². The Morgan fingerprint density at radius 1 is 0.636 bits per heavy atom. The second kappa shape index (κ2) is 15.8. The summed E-state index contributed by atoms with van der Waals surface area (Å²) in [6.45, 7) is 7.57. The van der Waals surface area contributed by atoms with Gasteiger partial charge in [-0.3, -0.25) is 0 Å². The van der Waals surface area contributed by atoms with Gasteiger partial charge in [-0.1, -0.05) is 122 Å². The Morgan fingerprint density at radius 3 is 1.76 bits per heavy atom. The van der Waals surface area contributed by atoms with Crippen LogP contribution in [0.4, 0.5) is 0 Å². The van der Waals surface area contributed by atoms with Crippen LogP contribution in [0.2, 0.25) is 0 Å². The molecular weight excluding hydrogens is 404 g/mol. The lowest BCUT2D eigenvalue weighted by Gasteiger charge is -2.19. The first-order valence-electron chi connectivity index (χ1n) is 13.5. The van der Waals surface area contributed by atoms with Gasteiger partial charge in [0.15, 0.2) is 0 Å². The van der Waals surface area contributed by atoms with Crippen molar-refractivity contribution in [2.75, 3.05) is 6.61 Å². The lowest BCUT2D eigenvalue weighted by molar-refractivity contribution is 0.303. The van der Waals surface area contributed by atoms with Gasteiger partial charge in [-0.2, -0.15) is 0 Å². The van der Waals surface area contributed by atoms with Crippen molar-refractivity contribution in [2.45, 2.75) is 116 Å². The Hall–Kier alpha value is -1.96. The number of hydrogen-bond donors (Lipinski definition) is 1. The molecule has 0 aromatic heterocycles. The van der Waals surface area contributed by atoms with Crippen LogP contribution in [0.1, 0.15) is 115 Å². The second-order valence-electron chi connectivity index (χ2n) is 10.6. The summed E-state index contributed by atoms with van der Waals surface area (Å²) < 4.78 is 5.97. The molecule has 2 aromatic carbocycles. The molecule has 0 aliphatic carbocycles. The molecule has 0 heterocycles. The summed E-state index contributed by atoms with van der Waals surface area (Å²) >= 11 is 0. The molecule has 2 aromatic rings. The fourth-order valence-electron chi connectivity index (χ4n) is 4.33. The first-order valence-corrected chi connectivity index (χ1v) is 13.5. The van der Waals surface area contributed by atoms with Gasteiger partial charge >= 0.3 is 0 Å². The van der Waals surface area contributed by atoms with E-state index >= 15 is 0 Å². The van der Waals surface area contributed by atoms with Crippen LogP contribution in [0.15, 0.2) is 48.5 Å². The number of aromatic hydroxyl groups is 1. The Labute approximate surface area is 203 Å². The minimum Gasteiger partial charge on any atom is -0.508 e. The third-order valence-corrected chi connectivity index (χ3v) is 6.55. The number of ether oxygens (including phenoxy) is 1. The highest BCUT2D eigenvalue weighted by Gasteiger charge is 2.13. The van der Waals surface area contributed by atoms with E-state index in [1.165, 1.54) is 82.6 Å². The number of phenolic OH excluding ortho intramolecular Hbond substituents is 1. The molecule has 0 fully saturated rings. The van der Waals surface area contributed by atoms with Gasteiger partial charge in [0.05, 0.1) is 6.61 Å². The molecule has 2 heteroatoms. The zero-order valence-electron chi connectivity index (χ0n) is 21.6. The highest BCUT2D eigenvalue weighted by atomic mass is 16.5. The molecule has 0 atom stereocenters. The highest BCUT2D eigenvalue weighted by Crippen LogP contribution is 2.25. The molecule has 0 aliphatic heterocycles. The Morgan fingerprint density at radius 2 is 1.18 bits per heavy atom. The van der Waals surface area contributed by atoms with E-state index in [1.807, 2.05) is 18.2 Å². The molecule has 0 spiro atoms. The van der Waals surface area contributed by atoms with Crippen LogP contribution in [0, 0.1) is 0 Å². The van der Waals surface area contributed by atoms with E-state index in [2.05, 4.69) is 45.0 Å². The van der Waals surface area contributed by atoms with Crippen molar-refractivity contribution in [1.82, 2.24) is 0 Å². The summed E-state index contributed by atoms with van der Waals surface area (Å²) in [5, 5.41) is 9.79. The quantitative estimate of drug-likeness (QED) is 0.242. The first kappa shape index (κ1) is 27.3. The van der Waals surface area contributed by atoms with Gasteiger partial charge in [0.2, 0.25) is 0 Å². The predicted molar refractivity (Wildman–Crippen MR) is 142 cm³/mol. The fraction of sp³-hybridized carbons (Fsp3) is 0.613. The van der Waals surface area contributed by atoms with Crippen LogP contribution in [0.3, 0.4) is 0 Å². The molecule has 33 heavy (non-hydrogen) atoms. The van der Waals surface area contributed by atoms with E-state index in [1.54, 1.807) is 6.07 Å². The van der Waals surface area contributed by atoms with Gasteiger partial charge in [-0.25, -0.2) is 0 Å². The summed E-state index contributed by atoms with van der Waals surface area (Å²) in [6.07, 6.45) is 18.2. The maximum atomic E-state index is 9.79. The average molecular weight is 453 g/mol. The predicted octanol–water partition coefficient (Wildman–Crippen LogP) is 9.38. The zero-order valence-corrected chi connectivity index (χ0v) is 21.6. The van der Waals surface area contributed by atoms with E-state index in [0.29, 0.717) is 5.75 Å². The number of rotatable bonds is 17. The molecule has 0 saturated heterocycles. The minimum absolute atomic E-state index is 0.174. The lowest BCUT2D eigenvalue weighted by atomic mass is 9.87. The second-order valence-corrected chi connectivity index (χ2v) is 10.6. The summed E-state index contributed by atoms with van der Waals surface area (Å²) in [5.41, 5.74) is 2.60. The Bertz CT molecular complexity index is 760.